The summed E-state index contributed by atoms with van der Waals surface area (Å²) in [5, 5.41) is 10.1. The maximum Gasteiger partial charge on any atom is 0.266 e. The first-order valence-electron chi connectivity index (χ1n) is 7.24. The standard InChI is InChI=1S/C19H13NO2S/c21-16-10-4-1-7-13(16)19(22)20-14-8-2-5-11-17(14)23-18-12-6-3-9-15(18)20/h1-12,21H. The van der Waals surface area contributed by atoms with Gasteiger partial charge >= 0.3 is 0 Å². The molecule has 1 aliphatic heterocycles. The van der Waals surface area contributed by atoms with Crippen molar-refractivity contribution in [2.75, 3.05) is 4.90 Å². The van der Waals surface area contributed by atoms with E-state index in [0.29, 0.717) is 5.56 Å². The molecule has 1 aliphatic rings. The lowest BCUT2D eigenvalue weighted by Crippen LogP contribution is -2.28. The van der Waals surface area contributed by atoms with Gasteiger partial charge in [0.2, 0.25) is 0 Å². The quantitative estimate of drug-likeness (QED) is 0.698. The molecule has 4 rings (SSSR count). The smallest absolute Gasteiger partial charge is 0.266 e. The second-order valence-electron chi connectivity index (χ2n) is 5.20. The first-order chi connectivity index (χ1) is 11.3. The Bertz CT molecular complexity index is 862. The number of phenols is 1. The number of hydrogen-bond donors (Lipinski definition) is 1. The van der Waals surface area contributed by atoms with E-state index < -0.39 is 0 Å². The number of amides is 1. The molecule has 23 heavy (non-hydrogen) atoms. The average molecular weight is 319 g/mol. The van der Waals surface area contributed by atoms with E-state index in [4.69, 9.17) is 0 Å². The van der Waals surface area contributed by atoms with E-state index in [2.05, 4.69) is 0 Å². The van der Waals surface area contributed by atoms with Gasteiger partial charge in [-0.2, -0.15) is 0 Å². The van der Waals surface area contributed by atoms with E-state index in [1.165, 1.54) is 6.07 Å². The van der Waals surface area contributed by atoms with Gasteiger partial charge in [0.1, 0.15) is 5.75 Å². The van der Waals surface area contributed by atoms with E-state index in [1.54, 1.807) is 34.9 Å². The molecular formula is C19H13NO2S. The molecule has 0 saturated heterocycles. The zero-order chi connectivity index (χ0) is 15.8. The molecule has 0 radical (unpaired) electrons. The summed E-state index contributed by atoms with van der Waals surface area (Å²) >= 11 is 1.65. The zero-order valence-electron chi connectivity index (χ0n) is 12.1. The number of para-hydroxylation sites is 3. The van der Waals surface area contributed by atoms with Gasteiger partial charge in [-0.3, -0.25) is 9.69 Å². The number of anilines is 2. The van der Waals surface area contributed by atoms with Crippen molar-refractivity contribution >= 4 is 29.0 Å². The molecule has 0 aromatic heterocycles. The van der Waals surface area contributed by atoms with Crippen molar-refractivity contribution in [2.24, 2.45) is 0 Å². The molecule has 0 atom stereocenters. The van der Waals surface area contributed by atoms with E-state index in [1.807, 2.05) is 48.5 Å². The summed E-state index contributed by atoms with van der Waals surface area (Å²) < 4.78 is 0. The molecule has 0 spiro atoms. The van der Waals surface area contributed by atoms with Crippen LogP contribution in [0.4, 0.5) is 11.4 Å². The van der Waals surface area contributed by atoms with Crippen LogP contribution in [-0.2, 0) is 0 Å². The lowest BCUT2D eigenvalue weighted by Gasteiger charge is -2.31. The van der Waals surface area contributed by atoms with Crippen molar-refractivity contribution in [3.8, 4) is 5.75 Å². The van der Waals surface area contributed by atoms with Crippen LogP contribution >= 0.6 is 11.8 Å². The maximum absolute atomic E-state index is 13.1. The topological polar surface area (TPSA) is 40.5 Å². The summed E-state index contributed by atoms with van der Waals surface area (Å²) in [7, 11) is 0. The van der Waals surface area contributed by atoms with Gasteiger partial charge in [0.05, 0.1) is 16.9 Å². The van der Waals surface area contributed by atoms with Crippen molar-refractivity contribution in [1.29, 1.82) is 0 Å². The van der Waals surface area contributed by atoms with Gasteiger partial charge in [0.15, 0.2) is 0 Å². The molecule has 0 fully saturated rings. The minimum Gasteiger partial charge on any atom is -0.507 e. The van der Waals surface area contributed by atoms with E-state index in [0.717, 1.165) is 21.2 Å². The zero-order valence-corrected chi connectivity index (χ0v) is 13.0. The highest BCUT2D eigenvalue weighted by Gasteiger charge is 2.29. The van der Waals surface area contributed by atoms with Crippen LogP contribution in [0.3, 0.4) is 0 Å². The maximum atomic E-state index is 13.1. The van der Waals surface area contributed by atoms with Gasteiger partial charge in [-0.25, -0.2) is 0 Å². The molecular weight excluding hydrogens is 306 g/mol. The molecule has 4 heteroatoms. The molecule has 1 amide bonds. The highest BCUT2D eigenvalue weighted by atomic mass is 32.2. The number of benzene rings is 3. The van der Waals surface area contributed by atoms with Crippen molar-refractivity contribution in [3.63, 3.8) is 0 Å². The SMILES string of the molecule is O=C(c1ccccc1O)N1c2ccccc2Sc2ccccc21. The first kappa shape index (κ1) is 13.9. The van der Waals surface area contributed by atoms with Crippen LogP contribution in [0.1, 0.15) is 10.4 Å². The Morgan fingerprint density at radius 2 is 1.30 bits per heavy atom. The summed E-state index contributed by atoms with van der Waals surface area (Å²) in [6.07, 6.45) is 0. The van der Waals surface area contributed by atoms with Crippen LogP contribution in [0, 0.1) is 0 Å². The van der Waals surface area contributed by atoms with E-state index in [9.17, 15) is 9.90 Å². The molecule has 0 aliphatic carbocycles. The van der Waals surface area contributed by atoms with E-state index >= 15 is 0 Å². The third-order valence-corrected chi connectivity index (χ3v) is 4.90. The van der Waals surface area contributed by atoms with Gasteiger partial charge in [0, 0.05) is 9.79 Å². The first-order valence-corrected chi connectivity index (χ1v) is 8.06. The van der Waals surface area contributed by atoms with Crippen LogP contribution in [0.25, 0.3) is 0 Å². The molecule has 0 bridgehead atoms. The molecule has 3 aromatic carbocycles. The Morgan fingerprint density at radius 3 is 1.91 bits per heavy atom. The van der Waals surface area contributed by atoms with Gasteiger partial charge < -0.3 is 5.11 Å². The molecule has 0 unspecified atom stereocenters. The number of hydrogen-bond acceptors (Lipinski definition) is 3. The molecule has 3 nitrogen and oxygen atoms in total. The van der Waals surface area contributed by atoms with Crippen LogP contribution in [0.5, 0.6) is 5.75 Å². The second kappa shape index (κ2) is 5.48. The molecule has 112 valence electrons. The van der Waals surface area contributed by atoms with Crippen LogP contribution in [0.2, 0.25) is 0 Å². The summed E-state index contributed by atoms with van der Waals surface area (Å²) in [4.78, 5) is 16.8. The number of carbonyl (C=O) groups excluding carboxylic acids is 1. The van der Waals surface area contributed by atoms with Crippen molar-refractivity contribution in [1.82, 2.24) is 0 Å². The van der Waals surface area contributed by atoms with Crippen molar-refractivity contribution in [2.45, 2.75) is 9.79 Å². The highest BCUT2D eigenvalue weighted by Crippen LogP contribution is 2.48. The average Bonchev–Trinajstić information content (AvgIpc) is 2.59. The number of fused-ring (bicyclic) bond motifs is 2. The lowest BCUT2D eigenvalue weighted by atomic mass is 10.1. The fraction of sp³-hybridized carbons (Fsp3) is 0. The van der Waals surface area contributed by atoms with E-state index in [-0.39, 0.29) is 11.7 Å². The number of carbonyl (C=O) groups is 1. The molecule has 3 aromatic rings. The summed E-state index contributed by atoms with van der Waals surface area (Å²) in [5.74, 6) is -0.242. The normalized spacial score (nSPS) is 12.4. The summed E-state index contributed by atoms with van der Waals surface area (Å²) in [6.45, 7) is 0. The predicted octanol–water partition coefficient (Wildman–Crippen LogP) is 4.84. The fourth-order valence-electron chi connectivity index (χ4n) is 2.70. The molecule has 1 heterocycles. The summed E-state index contributed by atoms with van der Waals surface area (Å²) in [5.41, 5.74) is 1.97. The minimum absolute atomic E-state index is 0.00862. The van der Waals surface area contributed by atoms with Crippen LogP contribution < -0.4 is 4.90 Å². The number of nitrogens with zero attached hydrogens (tertiary/aromatic N) is 1. The monoisotopic (exact) mass is 319 g/mol. The third-order valence-electron chi connectivity index (χ3n) is 3.77. The summed E-state index contributed by atoms with van der Waals surface area (Å²) in [6, 6.07) is 22.2. The molecule has 1 N–H and O–H groups in total. The molecule has 0 saturated carbocycles. The Morgan fingerprint density at radius 1 is 0.783 bits per heavy atom. The third kappa shape index (κ3) is 2.28. The Hall–Kier alpha value is -2.72. The van der Waals surface area contributed by atoms with Gasteiger partial charge in [0.25, 0.3) is 5.91 Å². The van der Waals surface area contributed by atoms with Crippen LogP contribution in [-0.4, -0.2) is 11.0 Å². The minimum atomic E-state index is -0.233. The Kier molecular flexibility index (Phi) is 3.32. The van der Waals surface area contributed by atoms with Crippen molar-refractivity contribution in [3.05, 3.63) is 78.4 Å². The van der Waals surface area contributed by atoms with Crippen LogP contribution in [0.15, 0.2) is 82.6 Å². The Labute approximate surface area is 138 Å². The second-order valence-corrected chi connectivity index (χ2v) is 6.28. The number of rotatable bonds is 1. The predicted molar refractivity (Wildman–Crippen MR) is 91.6 cm³/mol. The lowest BCUT2D eigenvalue weighted by molar-refractivity contribution is 0.0995. The van der Waals surface area contributed by atoms with Gasteiger partial charge in [-0.05, 0) is 36.4 Å². The fourth-order valence-corrected chi connectivity index (χ4v) is 3.76. The number of aromatic hydroxyl groups is 1. The number of phenolic OH excluding ortho intramolecular Hbond substituents is 1. The van der Waals surface area contributed by atoms with Gasteiger partial charge in [-0.15, -0.1) is 0 Å². The highest BCUT2D eigenvalue weighted by molar-refractivity contribution is 7.99. The van der Waals surface area contributed by atoms with Crippen molar-refractivity contribution < 1.29 is 9.90 Å². The van der Waals surface area contributed by atoms with Gasteiger partial charge in [-0.1, -0.05) is 48.2 Å². The largest absolute Gasteiger partial charge is 0.507 e. The Balaban J connectivity index is 1.91.